The van der Waals surface area contributed by atoms with Crippen molar-refractivity contribution in [3.8, 4) is 11.9 Å². The second kappa shape index (κ2) is 5.11. The SMILES string of the molecule is CCc1nn(-c2cc(C#N)cc(C)n2)c(CC)c1N. The minimum atomic E-state index is 0.580. The summed E-state index contributed by atoms with van der Waals surface area (Å²) < 4.78 is 1.75. The maximum atomic E-state index is 9.03. The molecule has 2 aromatic heterocycles. The van der Waals surface area contributed by atoms with Crippen LogP contribution in [0.15, 0.2) is 12.1 Å². The van der Waals surface area contributed by atoms with Crippen molar-refractivity contribution >= 4 is 5.69 Å². The predicted molar refractivity (Wildman–Crippen MR) is 74.0 cm³/mol. The first-order valence-corrected chi connectivity index (χ1v) is 6.36. The molecule has 0 aromatic carbocycles. The molecular formula is C14H17N5. The zero-order valence-electron chi connectivity index (χ0n) is 11.4. The van der Waals surface area contributed by atoms with Crippen LogP contribution in [0.4, 0.5) is 5.69 Å². The summed E-state index contributed by atoms with van der Waals surface area (Å²) in [5.41, 5.74) is 10.0. The summed E-state index contributed by atoms with van der Waals surface area (Å²) in [6.07, 6.45) is 1.55. The molecule has 0 saturated carbocycles. The van der Waals surface area contributed by atoms with Crippen LogP contribution in [0.3, 0.4) is 0 Å². The molecule has 0 aliphatic rings. The number of nitrogens with two attached hydrogens (primary N) is 1. The number of anilines is 1. The molecule has 0 bridgehead atoms. The van der Waals surface area contributed by atoms with Gasteiger partial charge in [0.2, 0.25) is 0 Å². The van der Waals surface area contributed by atoms with Crippen molar-refractivity contribution < 1.29 is 0 Å². The number of hydrogen-bond donors (Lipinski definition) is 1. The molecule has 0 spiro atoms. The van der Waals surface area contributed by atoms with Gasteiger partial charge in [0, 0.05) is 11.8 Å². The Labute approximate surface area is 112 Å². The van der Waals surface area contributed by atoms with Gasteiger partial charge in [-0.1, -0.05) is 13.8 Å². The third-order valence-corrected chi connectivity index (χ3v) is 3.05. The van der Waals surface area contributed by atoms with Gasteiger partial charge in [0.25, 0.3) is 0 Å². The smallest absolute Gasteiger partial charge is 0.155 e. The van der Waals surface area contributed by atoms with Gasteiger partial charge in [-0.25, -0.2) is 9.67 Å². The van der Waals surface area contributed by atoms with Gasteiger partial charge in [-0.15, -0.1) is 0 Å². The first kappa shape index (κ1) is 13.1. The summed E-state index contributed by atoms with van der Waals surface area (Å²) >= 11 is 0. The second-order valence-corrected chi connectivity index (χ2v) is 4.39. The lowest BCUT2D eigenvalue weighted by molar-refractivity contribution is 0.769. The summed E-state index contributed by atoms with van der Waals surface area (Å²) in [6.45, 7) is 5.92. The van der Waals surface area contributed by atoms with Gasteiger partial charge in [0.05, 0.1) is 28.7 Å². The molecule has 0 aliphatic heterocycles. The van der Waals surface area contributed by atoms with Crippen LogP contribution in [-0.4, -0.2) is 14.8 Å². The van der Waals surface area contributed by atoms with Gasteiger partial charge in [-0.3, -0.25) is 0 Å². The number of nitrogen functional groups attached to an aromatic ring is 1. The van der Waals surface area contributed by atoms with Crippen molar-refractivity contribution in [3.05, 3.63) is 34.8 Å². The Kier molecular flexibility index (Phi) is 3.52. The fourth-order valence-corrected chi connectivity index (χ4v) is 2.13. The molecule has 5 heteroatoms. The summed E-state index contributed by atoms with van der Waals surface area (Å²) in [7, 11) is 0. The molecule has 19 heavy (non-hydrogen) atoms. The number of hydrogen-bond acceptors (Lipinski definition) is 4. The van der Waals surface area contributed by atoms with Crippen LogP contribution < -0.4 is 5.73 Å². The van der Waals surface area contributed by atoms with Crippen LogP contribution in [0.25, 0.3) is 5.82 Å². The molecule has 0 fully saturated rings. The average Bonchev–Trinajstić information content (AvgIpc) is 2.74. The van der Waals surface area contributed by atoms with Gasteiger partial charge in [0.15, 0.2) is 5.82 Å². The lowest BCUT2D eigenvalue weighted by atomic mass is 10.2. The third kappa shape index (κ3) is 2.29. The summed E-state index contributed by atoms with van der Waals surface area (Å²) in [5, 5.41) is 13.5. The number of rotatable bonds is 3. The molecule has 0 saturated heterocycles. The van der Waals surface area contributed by atoms with E-state index in [-0.39, 0.29) is 0 Å². The van der Waals surface area contributed by atoms with E-state index in [2.05, 4.69) is 16.2 Å². The highest BCUT2D eigenvalue weighted by molar-refractivity contribution is 5.51. The molecule has 5 nitrogen and oxygen atoms in total. The largest absolute Gasteiger partial charge is 0.396 e. The van der Waals surface area contributed by atoms with Crippen molar-refractivity contribution in [3.63, 3.8) is 0 Å². The van der Waals surface area contributed by atoms with E-state index in [0.717, 1.165) is 35.6 Å². The summed E-state index contributed by atoms with van der Waals surface area (Å²) in [4.78, 5) is 4.44. The third-order valence-electron chi connectivity index (χ3n) is 3.05. The minimum absolute atomic E-state index is 0.580. The van der Waals surface area contributed by atoms with E-state index in [1.54, 1.807) is 16.8 Å². The van der Waals surface area contributed by atoms with Crippen molar-refractivity contribution in [2.75, 3.05) is 5.73 Å². The molecule has 0 aliphatic carbocycles. The van der Waals surface area contributed by atoms with E-state index >= 15 is 0 Å². The van der Waals surface area contributed by atoms with E-state index < -0.39 is 0 Å². The lowest BCUT2D eigenvalue weighted by Gasteiger charge is -2.06. The van der Waals surface area contributed by atoms with Crippen molar-refractivity contribution in [2.24, 2.45) is 0 Å². The molecular weight excluding hydrogens is 238 g/mol. The Morgan fingerprint density at radius 1 is 1.32 bits per heavy atom. The number of nitriles is 1. The standard InChI is InChI=1S/C14H17N5/c1-4-11-14(16)12(5-2)19(18-11)13-7-10(8-15)6-9(3)17-13/h6-7H,4-5,16H2,1-3H3. The van der Waals surface area contributed by atoms with E-state index in [0.29, 0.717) is 11.4 Å². The Hall–Kier alpha value is -2.35. The number of pyridine rings is 1. The molecule has 0 unspecified atom stereocenters. The molecule has 2 N–H and O–H groups in total. The minimum Gasteiger partial charge on any atom is -0.396 e. The average molecular weight is 255 g/mol. The zero-order valence-corrected chi connectivity index (χ0v) is 11.4. The van der Waals surface area contributed by atoms with Crippen LogP contribution in [-0.2, 0) is 12.8 Å². The van der Waals surface area contributed by atoms with E-state index in [1.165, 1.54) is 0 Å². The Balaban J connectivity index is 2.65. The number of nitrogens with zero attached hydrogens (tertiary/aromatic N) is 4. The van der Waals surface area contributed by atoms with Crippen molar-refractivity contribution in [2.45, 2.75) is 33.6 Å². The highest BCUT2D eigenvalue weighted by Crippen LogP contribution is 2.22. The van der Waals surface area contributed by atoms with Gasteiger partial charge in [-0.2, -0.15) is 10.4 Å². The molecule has 2 rings (SSSR count). The first-order chi connectivity index (χ1) is 9.10. The Morgan fingerprint density at radius 2 is 2.05 bits per heavy atom. The molecule has 0 atom stereocenters. The quantitative estimate of drug-likeness (QED) is 0.911. The summed E-state index contributed by atoms with van der Waals surface area (Å²) in [6, 6.07) is 5.63. The van der Waals surface area contributed by atoms with Crippen LogP contribution in [0, 0.1) is 18.3 Å². The topological polar surface area (TPSA) is 80.5 Å². The fraction of sp³-hybridized carbons (Fsp3) is 0.357. The van der Waals surface area contributed by atoms with Crippen LogP contribution >= 0.6 is 0 Å². The van der Waals surface area contributed by atoms with Crippen LogP contribution in [0.2, 0.25) is 0 Å². The number of aryl methyl sites for hydroxylation is 2. The molecule has 0 radical (unpaired) electrons. The first-order valence-electron chi connectivity index (χ1n) is 6.36. The fourth-order valence-electron chi connectivity index (χ4n) is 2.13. The van der Waals surface area contributed by atoms with Gasteiger partial charge in [-0.05, 0) is 25.8 Å². The van der Waals surface area contributed by atoms with Gasteiger partial charge < -0.3 is 5.73 Å². The molecule has 2 heterocycles. The Bertz CT molecular complexity index is 649. The van der Waals surface area contributed by atoms with Crippen LogP contribution in [0.5, 0.6) is 0 Å². The maximum Gasteiger partial charge on any atom is 0.155 e. The van der Waals surface area contributed by atoms with E-state index in [9.17, 15) is 0 Å². The van der Waals surface area contributed by atoms with E-state index in [1.807, 2.05) is 20.8 Å². The normalized spacial score (nSPS) is 10.4. The zero-order chi connectivity index (χ0) is 14.0. The highest BCUT2D eigenvalue weighted by Gasteiger charge is 2.15. The second-order valence-electron chi connectivity index (χ2n) is 4.39. The monoisotopic (exact) mass is 255 g/mol. The maximum absolute atomic E-state index is 9.03. The molecule has 98 valence electrons. The van der Waals surface area contributed by atoms with Crippen molar-refractivity contribution in [1.29, 1.82) is 5.26 Å². The Morgan fingerprint density at radius 3 is 2.63 bits per heavy atom. The van der Waals surface area contributed by atoms with E-state index in [4.69, 9.17) is 11.0 Å². The summed E-state index contributed by atoms with van der Waals surface area (Å²) in [5.74, 6) is 0.653. The van der Waals surface area contributed by atoms with Crippen LogP contribution in [0.1, 0.15) is 36.5 Å². The highest BCUT2D eigenvalue weighted by atomic mass is 15.3. The predicted octanol–water partition coefficient (Wildman–Crippen LogP) is 2.15. The van der Waals surface area contributed by atoms with Gasteiger partial charge >= 0.3 is 0 Å². The molecule has 2 aromatic rings. The van der Waals surface area contributed by atoms with Gasteiger partial charge in [0.1, 0.15) is 0 Å². The molecule has 0 amide bonds. The van der Waals surface area contributed by atoms with Crippen molar-refractivity contribution in [1.82, 2.24) is 14.8 Å². The number of aromatic nitrogens is 3. The lowest BCUT2D eigenvalue weighted by Crippen LogP contribution is -2.06.